The minimum Gasteiger partial charge on any atom is -0.490 e. The van der Waals surface area contributed by atoms with Crippen LogP contribution in [0.2, 0.25) is 0 Å². The molecule has 152 valence electrons. The van der Waals surface area contributed by atoms with Crippen molar-refractivity contribution in [2.24, 2.45) is 0 Å². The molecule has 0 atom stereocenters. The third kappa shape index (κ3) is 5.16. The lowest BCUT2D eigenvalue weighted by molar-refractivity contribution is 0.0848. The molecule has 1 heterocycles. The number of nitrogens with one attached hydrogen (secondary N) is 2. The molecule has 0 saturated heterocycles. The van der Waals surface area contributed by atoms with Crippen LogP contribution < -0.4 is 25.1 Å². The second-order valence-electron chi connectivity index (χ2n) is 5.64. The number of amides is 2. The average Bonchev–Trinajstić information content (AvgIpc) is 3.17. The van der Waals surface area contributed by atoms with Gasteiger partial charge in [-0.1, -0.05) is 6.92 Å². The first-order chi connectivity index (χ1) is 13.5. The number of thiophene rings is 1. The molecule has 2 aromatic rings. The molecule has 0 unspecified atom stereocenters. The smallest absolute Gasteiger partial charge is 0.280 e. The molecule has 0 spiro atoms. The topological polar surface area (TPSA) is 85.9 Å². The largest absolute Gasteiger partial charge is 0.490 e. The number of hydrazine groups is 1. The summed E-state index contributed by atoms with van der Waals surface area (Å²) in [7, 11) is 0. The Hall–Kier alpha value is -2.74. The second kappa shape index (κ2) is 10.6. The summed E-state index contributed by atoms with van der Waals surface area (Å²) in [5.41, 5.74) is 6.13. The minimum absolute atomic E-state index is 0.289. The van der Waals surface area contributed by atoms with Crippen LogP contribution in [0.1, 0.15) is 53.3 Å². The fraction of sp³-hybridized carbons (Fsp3) is 0.400. The maximum absolute atomic E-state index is 12.6. The van der Waals surface area contributed by atoms with E-state index in [1.54, 1.807) is 12.1 Å². The molecular weight excluding hydrogens is 380 g/mol. The van der Waals surface area contributed by atoms with Crippen molar-refractivity contribution in [3.05, 3.63) is 39.6 Å². The molecule has 8 heteroatoms. The zero-order valence-electron chi connectivity index (χ0n) is 16.6. The molecule has 28 heavy (non-hydrogen) atoms. The van der Waals surface area contributed by atoms with Gasteiger partial charge < -0.3 is 14.2 Å². The summed E-state index contributed by atoms with van der Waals surface area (Å²) in [6.07, 6.45) is 0.745. The Bertz CT molecular complexity index is 792. The highest BCUT2D eigenvalue weighted by molar-refractivity contribution is 7.12. The maximum Gasteiger partial charge on any atom is 0.280 e. The Morgan fingerprint density at radius 2 is 1.46 bits per heavy atom. The molecule has 0 aliphatic heterocycles. The van der Waals surface area contributed by atoms with Crippen LogP contribution in [0.4, 0.5) is 0 Å². The van der Waals surface area contributed by atoms with Crippen LogP contribution in [0, 0.1) is 0 Å². The summed E-state index contributed by atoms with van der Waals surface area (Å²) in [6.45, 7) is 8.77. The summed E-state index contributed by atoms with van der Waals surface area (Å²) in [5, 5.41) is 1.85. The van der Waals surface area contributed by atoms with Gasteiger partial charge in [-0.15, -0.1) is 11.3 Å². The normalized spacial score (nSPS) is 10.3. The van der Waals surface area contributed by atoms with Gasteiger partial charge in [0.15, 0.2) is 11.5 Å². The summed E-state index contributed by atoms with van der Waals surface area (Å²) >= 11 is 1.34. The van der Waals surface area contributed by atoms with Crippen molar-refractivity contribution in [3.8, 4) is 17.2 Å². The molecule has 2 rings (SSSR count). The van der Waals surface area contributed by atoms with Crippen molar-refractivity contribution < 1.29 is 23.8 Å². The van der Waals surface area contributed by atoms with E-state index in [-0.39, 0.29) is 11.5 Å². The number of carbonyl (C=O) groups excluding carboxylic acids is 2. The van der Waals surface area contributed by atoms with Gasteiger partial charge in [-0.3, -0.25) is 20.4 Å². The Labute approximate surface area is 169 Å². The van der Waals surface area contributed by atoms with Gasteiger partial charge in [0.25, 0.3) is 11.8 Å². The van der Waals surface area contributed by atoms with Gasteiger partial charge in [-0.05, 0) is 56.3 Å². The van der Waals surface area contributed by atoms with Crippen LogP contribution >= 0.6 is 11.3 Å². The minimum atomic E-state index is -0.479. The molecule has 2 amide bonds. The van der Waals surface area contributed by atoms with Crippen molar-refractivity contribution in [1.29, 1.82) is 0 Å². The second-order valence-corrected chi connectivity index (χ2v) is 6.55. The monoisotopic (exact) mass is 406 g/mol. The lowest BCUT2D eigenvalue weighted by Crippen LogP contribution is -2.41. The first-order valence-corrected chi connectivity index (χ1v) is 10.2. The van der Waals surface area contributed by atoms with E-state index in [0.29, 0.717) is 41.9 Å². The lowest BCUT2D eigenvalue weighted by atomic mass is 10.1. The maximum atomic E-state index is 12.6. The summed E-state index contributed by atoms with van der Waals surface area (Å²) < 4.78 is 16.9. The van der Waals surface area contributed by atoms with Gasteiger partial charge in [0.05, 0.1) is 24.7 Å². The quantitative estimate of drug-likeness (QED) is 0.622. The van der Waals surface area contributed by atoms with E-state index in [4.69, 9.17) is 14.2 Å². The fourth-order valence-electron chi connectivity index (χ4n) is 2.58. The molecule has 0 saturated carbocycles. The van der Waals surface area contributed by atoms with Crippen LogP contribution in [-0.4, -0.2) is 31.6 Å². The molecule has 1 aromatic carbocycles. The first-order valence-electron chi connectivity index (χ1n) is 9.29. The van der Waals surface area contributed by atoms with E-state index in [0.717, 1.165) is 12.0 Å². The van der Waals surface area contributed by atoms with Crippen LogP contribution in [0.3, 0.4) is 0 Å². The first kappa shape index (κ1) is 21.6. The van der Waals surface area contributed by atoms with Gasteiger partial charge >= 0.3 is 0 Å². The number of rotatable bonds is 9. The standard InChI is InChI=1S/C20H26N2O5S/c1-5-13-9-10-28-18(13)20(24)22-21-19(23)14-11-15(25-6-2)17(27-8-4)16(12-14)26-7-3/h9-12H,5-8H2,1-4H3,(H,21,23)(H,22,24). The van der Waals surface area contributed by atoms with Crippen molar-refractivity contribution in [2.75, 3.05) is 19.8 Å². The van der Waals surface area contributed by atoms with Crippen molar-refractivity contribution in [2.45, 2.75) is 34.1 Å². The highest BCUT2D eigenvalue weighted by Crippen LogP contribution is 2.39. The molecule has 2 N–H and O–H groups in total. The van der Waals surface area contributed by atoms with E-state index in [1.807, 2.05) is 39.1 Å². The predicted molar refractivity (Wildman–Crippen MR) is 109 cm³/mol. The predicted octanol–water partition coefficient (Wildman–Crippen LogP) is 3.58. The molecule has 0 aliphatic rings. The molecule has 0 radical (unpaired) electrons. The number of carbonyl (C=O) groups is 2. The Morgan fingerprint density at radius 3 is 2.00 bits per heavy atom. The van der Waals surface area contributed by atoms with E-state index in [1.165, 1.54) is 11.3 Å². The SMILES string of the molecule is CCOc1cc(C(=O)NNC(=O)c2sccc2CC)cc(OCC)c1OCC. The molecule has 0 fully saturated rings. The van der Waals surface area contributed by atoms with E-state index >= 15 is 0 Å². The third-order valence-corrected chi connectivity index (χ3v) is 4.75. The molecule has 1 aromatic heterocycles. The van der Waals surface area contributed by atoms with Crippen LogP contribution in [0.15, 0.2) is 23.6 Å². The summed E-state index contributed by atoms with van der Waals surface area (Å²) in [5.74, 6) is 0.462. The summed E-state index contributed by atoms with van der Waals surface area (Å²) in [6, 6.07) is 5.04. The number of benzene rings is 1. The van der Waals surface area contributed by atoms with Gasteiger partial charge in [-0.25, -0.2) is 0 Å². The van der Waals surface area contributed by atoms with Crippen LogP contribution in [0.25, 0.3) is 0 Å². The summed E-state index contributed by atoms with van der Waals surface area (Å²) in [4.78, 5) is 25.5. The van der Waals surface area contributed by atoms with Gasteiger partial charge in [0.1, 0.15) is 0 Å². The molecule has 0 bridgehead atoms. The van der Waals surface area contributed by atoms with Crippen molar-refractivity contribution >= 4 is 23.2 Å². The zero-order chi connectivity index (χ0) is 20.5. The molecule has 7 nitrogen and oxygen atoms in total. The third-order valence-electron chi connectivity index (χ3n) is 3.79. The highest BCUT2D eigenvalue weighted by Gasteiger charge is 2.19. The van der Waals surface area contributed by atoms with Crippen LogP contribution in [-0.2, 0) is 6.42 Å². The van der Waals surface area contributed by atoms with Gasteiger partial charge in [0.2, 0.25) is 5.75 Å². The number of hydrogen-bond acceptors (Lipinski definition) is 6. The Balaban J connectivity index is 2.20. The number of aryl methyl sites for hydroxylation is 1. The van der Waals surface area contributed by atoms with Crippen molar-refractivity contribution in [3.63, 3.8) is 0 Å². The van der Waals surface area contributed by atoms with E-state index < -0.39 is 5.91 Å². The Morgan fingerprint density at radius 1 is 0.893 bits per heavy atom. The molecular formula is C20H26N2O5S. The van der Waals surface area contributed by atoms with Crippen LogP contribution in [0.5, 0.6) is 17.2 Å². The Kier molecular flexibility index (Phi) is 8.13. The zero-order valence-corrected chi connectivity index (χ0v) is 17.4. The number of hydrogen-bond donors (Lipinski definition) is 2. The van der Waals surface area contributed by atoms with Crippen molar-refractivity contribution in [1.82, 2.24) is 10.9 Å². The fourth-order valence-corrected chi connectivity index (χ4v) is 3.47. The van der Waals surface area contributed by atoms with E-state index in [2.05, 4.69) is 10.9 Å². The highest BCUT2D eigenvalue weighted by atomic mass is 32.1. The average molecular weight is 407 g/mol. The van der Waals surface area contributed by atoms with Gasteiger partial charge in [-0.2, -0.15) is 0 Å². The number of ether oxygens (including phenoxy) is 3. The van der Waals surface area contributed by atoms with E-state index in [9.17, 15) is 9.59 Å². The molecule has 0 aliphatic carbocycles. The lowest BCUT2D eigenvalue weighted by Gasteiger charge is -2.17. The van der Waals surface area contributed by atoms with Gasteiger partial charge in [0, 0.05) is 5.56 Å².